The fourth-order valence-electron chi connectivity index (χ4n) is 7.97. The van der Waals surface area contributed by atoms with E-state index < -0.39 is 29.1 Å². The number of aliphatic hydroxyl groups excluding tert-OH is 1. The molecule has 3 aliphatic heterocycles. The Balaban J connectivity index is 1.58. The molecule has 3 unspecified atom stereocenters. The summed E-state index contributed by atoms with van der Waals surface area (Å²) in [5.74, 6) is -1.69. The lowest BCUT2D eigenvalue weighted by Crippen LogP contribution is -2.57. The third-order valence-corrected chi connectivity index (χ3v) is 10.2. The van der Waals surface area contributed by atoms with Crippen LogP contribution < -0.4 is 14.5 Å². The van der Waals surface area contributed by atoms with E-state index in [1.54, 1.807) is 46.1 Å². The number of carbonyl (C=O) groups excluding carboxylic acids is 3. The minimum absolute atomic E-state index is 0.0829. The Bertz CT molecular complexity index is 1430. The number of hydrogen-bond acceptors (Lipinski definition) is 6. The first-order chi connectivity index (χ1) is 22.2. The zero-order valence-electron chi connectivity index (χ0n) is 27.3. The van der Waals surface area contributed by atoms with Crippen molar-refractivity contribution in [1.82, 2.24) is 4.90 Å². The Morgan fingerprint density at radius 2 is 1.59 bits per heavy atom. The average Bonchev–Trinajstić information content (AvgIpc) is 3.58. The Kier molecular flexibility index (Phi) is 10.0. The minimum atomic E-state index is -1.17. The number of likely N-dealkylation sites (tertiary alicyclic amines) is 1. The molecule has 3 fully saturated rings. The summed E-state index contributed by atoms with van der Waals surface area (Å²) in [4.78, 5) is 49.3. The molecule has 2 bridgehead atoms. The molecule has 0 aromatic heterocycles. The van der Waals surface area contributed by atoms with E-state index in [0.717, 1.165) is 18.5 Å². The maximum Gasteiger partial charge on any atom is 0.253 e. The Labute approximate surface area is 272 Å². The molecule has 9 heteroatoms. The number of hydrogen-bond donors (Lipinski definition) is 1. The van der Waals surface area contributed by atoms with Crippen molar-refractivity contribution < 1.29 is 29.0 Å². The SMILES string of the molecule is C=CCN(C(=O)C1N(CCCCCCO)C(=O)[C@@H]2[C@@H](C(=O)N(CC=C)c3ccccc3)[C@]3(C)OC12CC3C)c1ccc(OC)cc1. The van der Waals surface area contributed by atoms with Crippen LogP contribution >= 0.6 is 0 Å². The zero-order chi connectivity index (χ0) is 33.1. The molecule has 1 spiro atoms. The summed E-state index contributed by atoms with van der Waals surface area (Å²) in [6.45, 7) is 12.8. The summed E-state index contributed by atoms with van der Waals surface area (Å²) in [7, 11) is 1.59. The second-order valence-electron chi connectivity index (χ2n) is 12.9. The molecule has 3 amide bonds. The molecule has 0 saturated carbocycles. The molecule has 246 valence electrons. The van der Waals surface area contributed by atoms with Crippen LogP contribution in [0.2, 0.25) is 0 Å². The molecule has 1 N–H and O–H groups in total. The lowest BCUT2D eigenvalue weighted by atomic mass is 9.62. The van der Waals surface area contributed by atoms with Crippen LogP contribution in [-0.4, -0.2) is 78.3 Å². The molecule has 0 aliphatic carbocycles. The van der Waals surface area contributed by atoms with E-state index in [0.29, 0.717) is 37.2 Å². The van der Waals surface area contributed by atoms with Gasteiger partial charge in [-0.2, -0.15) is 0 Å². The van der Waals surface area contributed by atoms with Crippen LogP contribution in [0.1, 0.15) is 46.0 Å². The molecule has 0 radical (unpaired) electrons. The summed E-state index contributed by atoms with van der Waals surface area (Å²) in [5, 5.41) is 9.27. The quantitative estimate of drug-likeness (QED) is 0.220. The number of nitrogens with zero attached hydrogens (tertiary/aromatic N) is 3. The van der Waals surface area contributed by atoms with Crippen molar-refractivity contribution in [3.63, 3.8) is 0 Å². The molecular formula is C37H47N3O6. The zero-order valence-corrected chi connectivity index (χ0v) is 27.3. The topological polar surface area (TPSA) is 99.6 Å². The molecular weight excluding hydrogens is 582 g/mol. The third kappa shape index (κ3) is 5.64. The highest BCUT2D eigenvalue weighted by atomic mass is 16.5. The van der Waals surface area contributed by atoms with E-state index in [1.165, 1.54) is 0 Å². The number of carbonyl (C=O) groups is 3. The molecule has 6 atom stereocenters. The van der Waals surface area contributed by atoms with E-state index in [9.17, 15) is 19.5 Å². The van der Waals surface area contributed by atoms with Gasteiger partial charge in [-0.15, -0.1) is 13.2 Å². The van der Waals surface area contributed by atoms with Crippen molar-refractivity contribution in [3.05, 3.63) is 79.9 Å². The number of aliphatic hydroxyl groups is 1. The Morgan fingerprint density at radius 1 is 0.978 bits per heavy atom. The molecule has 2 aromatic carbocycles. The van der Waals surface area contributed by atoms with Gasteiger partial charge < -0.3 is 29.3 Å². The first-order valence-electron chi connectivity index (χ1n) is 16.3. The van der Waals surface area contributed by atoms with Crippen LogP contribution in [-0.2, 0) is 19.1 Å². The van der Waals surface area contributed by atoms with Gasteiger partial charge in [0.05, 0.1) is 24.5 Å². The number of benzene rings is 2. The minimum Gasteiger partial charge on any atom is -0.497 e. The highest BCUT2D eigenvalue weighted by Gasteiger charge is 2.80. The van der Waals surface area contributed by atoms with Crippen molar-refractivity contribution in [1.29, 1.82) is 0 Å². The van der Waals surface area contributed by atoms with E-state index in [-0.39, 0.29) is 43.3 Å². The maximum absolute atomic E-state index is 14.9. The van der Waals surface area contributed by atoms with E-state index in [1.807, 2.05) is 49.4 Å². The van der Waals surface area contributed by atoms with E-state index in [4.69, 9.17) is 9.47 Å². The largest absolute Gasteiger partial charge is 0.497 e. The van der Waals surface area contributed by atoms with Gasteiger partial charge in [0.15, 0.2) is 0 Å². The van der Waals surface area contributed by atoms with Crippen LogP contribution in [0, 0.1) is 17.8 Å². The summed E-state index contributed by atoms with van der Waals surface area (Å²) in [6, 6.07) is 15.7. The van der Waals surface area contributed by atoms with E-state index in [2.05, 4.69) is 20.1 Å². The summed E-state index contributed by atoms with van der Waals surface area (Å²) in [5.41, 5.74) is -0.741. The normalized spacial score (nSPS) is 27.7. The third-order valence-electron chi connectivity index (χ3n) is 10.2. The van der Waals surface area contributed by atoms with E-state index >= 15 is 0 Å². The molecule has 46 heavy (non-hydrogen) atoms. The molecule has 3 heterocycles. The number of methoxy groups -OCH3 is 1. The monoisotopic (exact) mass is 629 g/mol. The van der Waals surface area contributed by atoms with Gasteiger partial charge >= 0.3 is 0 Å². The van der Waals surface area contributed by atoms with Crippen molar-refractivity contribution >= 4 is 29.1 Å². The molecule has 3 aliphatic rings. The van der Waals surface area contributed by atoms with Gasteiger partial charge in [0, 0.05) is 37.6 Å². The summed E-state index contributed by atoms with van der Waals surface area (Å²) < 4.78 is 12.3. The Morgan fingerprint density at radius 3 is 2.20 bits per heavy atom. The fourth-order valence-corrected chi connectivity index (χ4v) is 7.97. The van der Waals surface area contributed by atoms with Crippen molar-refractivity contribution in [2.75, 3.05) is 43.2 Å². The number of para-hydroxylation sites is 1. The first kappa shape index (κ1) is 33.4. The van der Waals surface area contributed by atoms with Crippen LogP contribution in [0.25, 0.3) is 0 Å². The number of amides is 3. The van der Waals surface area contributed by atoms with Crippen LogP contribution in [0.15, 0.2) is 79.9 Å². The fraction of sp³-hybridized carbons (Fsp3) is 0.486. The molecule has 9 nitrogen and oxygen atoms in total. The maximum atomic E-state index is 14.9. The first-order valence-corrected chi connectivity index (χ1v) is 16.3. The summed E-state index contributed by atoms with van der Waals surface area (Å²) >= 11 is 0. The van der Waals surface area contributed by atoms with Crippen LogP contribution in [0.5, 0.6) is 5.75 Å². The average molecular weight is 630 g/mol. The van der Waals surface area contributed by atoms with Crippen molar-refractivity contribution in [2.24, 2.45) is 17.8 Å². The second kappa shape index (κ2) is 13.8. The predicted molar refractivity (Wildman–Crippen MR) is 179 cm³/mol. The van der Waals surface area contributed by atoms with Gasteiger partial charge in [-0.1, -0.05) is 50.1 Å². The number of unbranched alkanes of at least 4 members (excludes halogenated alkanes) is 3. The van der Waals surface area contributed by atoms with Gasteiger partial charge in [-0.3, -0.25) is 14.4 Å². The molecule has 5 rings (SSSR count). The van der Waals surface area contributed by atoms with Gasteiger partial charge in [-0.05, 0) is 68.5 Å². The number of rotatable bonds is 15. The highest BCUT2D eigenvalue weighted by molar-refractivity contribution is 6.07. The predicted octanol–water partition coefficient (Wildman–Crippen LogP) is 5.00. The van der Waals surface area contributed by atoms with Crippen molar-refractivity contribution in [2.45, 2.75) is 63.2 Å². The highest BCUT2D eigenvalue weighted by Crippen LogP contribution is 2.65. The van der Waals surface area contributed by atoms with Gasteiger partial charge in [0.1, 0.15) is 17.4 Å². The van der Waals surface area contributed by atoms with Gasteiger partial charge in [0.25, 0.3) is 5.91 Å². The van der Waals surface area contributed by atoms with Crippen LogP contribution in [0.4, 0.5) is 11.4 Å². The Hall–Kier alpha value is -3.95. The molecule has 3 saturated heterocycles. The van der Waals surface area contributed by atoms with Crippen LogP contribution in [0.3, 0.4) is 0 Å². The smallest absolute Gasteiger partial charge is 0.253 e. The number of anilines is 2. The second-order valence-corrected chi connectivity index (χ2v) is 12.9. The summed E-state index contributed by atoms with van der Waals surface area (Å²) in [6.07, 6.45) is 6.81. The van der Waals surface area contributed by atoms with Gasteiger partial charge in [0.2, 0.25) is 11.8 Å². The number of fused-ring (bicyclic) bond motifs is 1. The molecule has 2 aromatic rings. The lowest BCUT2D eigenvalue weighted by Gasteiger charge is -2.39. The standard InChI is InChI=1S/C37H47N3O6/c1-6-21-38(27-15-11-10-12-16-27)33(42)30-31-34(43)40(23-13-8-9-14-24-41)32(37(31)25-26(3)36(30,4)46-37)35(44)39(22-7-2)28-17-19-29(45-5)20-18-28/h6-7,10-12,15-20,26,30-32,41H,1-2,8-9,13-14,21-25H2,3-5H3/t26?,30-,31-,32?,36+,37?/m0/s1. The van der Waals surface area contributed by atoms with Gasteiger partial charge in [-0.25, -0.2) is 0 Å². The number of ether oxygens (including phenoxy) is 2. The van der Waals surface area contributed by atoms with Crippen molar-refractivity contribution in [3.8, 4) is 5.75 Å². The lowest BCUT2D eigenvalue weighted by molar-refractivity contribution is -0.145.